The molecule has 2 rings (SSSR count). The summed E-state index contributed by atoms with van der Waals surface area (Å²) in [7, 11) is 0. The Morgan fingerprint density at radius 1 is 1.39 bits per heavy atom. The van der Waals surface area contributed by atoms with E-state index >= 15 is 0 Å². The Morgan fingerprint density at radius 2 is 2.17 bits per heavy atom. The van der Waals surface area contributed by atoms with Crippen molar-refractivity contribution in [1.29, 1.82) is 0 Å². The van der Waals surface area contributed by atoms with Gasteiger partial charge in [-0.3, -0.25) is 4.98 Å². The Labute approximate surface area is 112 Å². The summed E-state index contributed by atoms with van der Waals surface area (Å²) >= 11 is 1.52. The molecule has 0 amide bonds. The topological polar surface area (TPSA) is 22.1 Å². The van der Waals surface area contributed by atoms with Crippen LogP contribution in [0.25, 0.3) is 0 Å². The van der Waals surface area contributed by atoms with Gasteiger partial charge in [0.05, 0.1) is 10.4 Å². The largest absolute Gasteiger partial charge is 0.488 e. The maximum absolute atomic E-state index is 13.7. The van der Waals surface area contributed by atoms with Crippen molar-refractivity contribution in [3.05, 3.63) is 40.6 Å². The van der Waals surface area contributed by atoms with Gasteiger partial charge in [-0.15, -0.1) is 11.3 Å². The predicted molar refractivity (Wildman–Crippen MR) is 76.7 cm³/mol. The Hall–Kier alpha value is -1.36. The first-order chi connectivity index (χ1) is 8.16. The first-order valence-electron chi connectivity index (χ1n) is 5.46. The molecule has 0 N–H and O–H groups in total. The monoisotopic (exact) mass is 265 g/mol. The zero-order valence-corrected chi connectivity index (χ0v) is 10.6. The molecule has 18 heavy (non-hydrogen) atoms. The van der Waals surface area contributed by atoms with Crippen molar-refractivity contribution in [3.63, 3.8) is 0 Å². The van der Waals surface area contributed by atoms with Crippen LogP contribution in [0.1, 0.15) is 12.3 Å². The zero-order valence-electron chi connectivity index (χ0n) is 9.81. The van der Waals surface area contributed by atoms with Crippen LogP contribution >= 0.6 is 11.3 Å². The third kappa shape index (κ3) is 3.57. The van der Waals surface area contributed by atoms with Crippen LogP contribution in [0, 0.1) is 5.82 Å². The summed E-state index contributed by atoms with van der Waals surface area (Å²) in [4.78, 5) is 4.98. The van der Waals surface area contributed by atoms with Crippen LogP contribution < -0.4 is 10.2 Å². The van der Waals surface area contributed by atoms with Crippen molar-refractivity contribution in [1.82, 2.24) is 4.98 Å². The van der Waals surface area contributed by atoms with E-state index in [1.54, 1.807) is 23.8 Å². The summed E-state index contributed by atoms with van der Waals surface area (Å²) in [6, 6.07) is 5.03. The standard InChI is InChI=1S/C12H13BFNOS.CH4/c1-13(2)11-4-3-9(5-12(11)14)16-7-10-6-15-8-17-10;/h3-6,8H,7H2,1-2H3;1H4. The molecule has 0 saturated carbocycles. The first kappa shape index (κ1) is 14.7. The molecule has 0 aliphatic heterocycles. The third-order valence-electron chi connectivity index (χ3n) is 2.46. The van der Waals surface area contributed by atoms with Gasteiger partial charge in [-0.05, 0) is 11.5 Å². The third-order valence-corrected chi connectivity index (χ3v) is 3.21. The predicted octanol–water partition coefficient (Wildman–Crippen LogP) is 3.46. The molecule has 2 nitrogen and oxygen atoms in total. The van der Waals surface area contributed by atoms with Crippen molar-refractivity contribution >= 4 is 23.5 Å². The molecular weight excluding hydrogens is 248 g/mol. The number of hydrogen-bond donors (Lipinski definition) is 0. The number of ether oxygens (including phenoxy) is 1. The second kappa shape index (κ2) is 6.54. The molecule has 0 saturated heterocycles. The number of aromatic nitrogens is 1. The quantitative estimate of drug-likeness (QED) is 0.790. The molecule has 0 aliphatic rings. The van der Waals surface area contributed by atoms with Gasteiger partial charge in [-0.2, -0.15) is 0 Å². The van der Waals surface area contributed by atoms with Gasteiger partial charge in [0.1, 0.15) is 18.2 Å². The molecule has 0 bridgehead atoms. The number of nitrogens with zero attached hydrogens (tertiary/aromatic N) is 1. The van der Waals surface area contributed by atoms with E-state index in [-0.39, 0.29) is 20.0 Å². The van der Waals surface area contributed by atoms with E-state index in [4.69, 9.17) is 4.74 Å². The lowest BCUT2D eigenvalue weighted by Gasteiger charge is -2.08. The highest BCUT2D eigenvalue weighted by Crippen LogP contribution is 2.15. The van der Waals surface area contributed by atoms with Crippen LogP contribution in [-0.4, -0.2) is 11.7 Å². The lowest BCUT2D eigenvalue weighted by molar-refractivity contribution is 0.308. The maximum atomic E-state index is 13.7. The summed E-state index contributed by atoms with van der Waals surface area (Å²) in [5.74, 6) is 0.349. The van der Waals surface area contributed by atoms with Crippen molar-refractivity contribution in [2.24, 2.45) is 0 Å². The number of halogens is 1. The van der Waals surface area contributed by atoms with Gasteiger partial charge in [0.15, 0.2) is 6.71 Å². The average molecular weight is 265 g/mol. The zero-order chi connectivity index (χ0) is 12.3. The lowest BCUT2D eigenvalue weighted by Crippen LogP contribution is -2.25. The van der Waals surface area contributed by atoms with Crippen molar-refractivity contribution < 1.29 is 9.13 Å². The molecular formula is C13H17BFNOS. The van der Waals surface area contributed by atoms with Crippen LogP contribution in [0.3, 0.4) is 0 Å². The van der Waals surface area contributed by atoms with Gasteiger partial charge in [-0.25, -0.2) is 4.39 Å². The summed E-state index contributed by atoms with van der Waals surface area (Å²) in [5.41, 5.74) is 2.47. The highest BCUT2D eigenvalue weighted by Gasteiger charge is 2.10. The van der Waals surface area contributed by atoms with Gasteiger partial charge >= 0.3 is 0 Å². The van der Waals surface area contributed by atoms with Gasteiger partial charge in [0, 0.05) is 12.3 Å². The van der Waals surface area contributed by atoms with Crippen molar-refractivity contribution in [2.75, 3.05) is 0 Å². The molecule has 0 unspecified atom stereocenters. The SMILES string of the molecule is C.CB(C)c1ccc(OCc2cncs2)cc1F. The molecule has 0 spiro atoms. The first-order valence-corrected chi connectivity index (χ1v) is 6.34. The van der Waals surface area contributed by atoms with Crippen LogP contribution in [0.4, 0.5) is 4.39 Å². The van der Waals surface area contributed by atoms with Crippen molar-refractivity contribution in [3.8, 4) is 5.75 Å². The molecule has 2 aromatic rings. The van der Waals surface area contributed by atoms with E-state index in [2.05, 4.69) is 4.98 Å². The minimum Gasteiger partial charge on any atom is -0.488 e. The van der Waals surface area contributed by atoms with E-state index in [0.29, 0.717) is 12.4 Å². The number of hydrogen-bond acceptors (Lipinski definition) is 3. The molecule has 1 aromatic heterocycles. The Bertz CT molecular complexity index is 488. The Kier molecular flexibility index (Phi) is 5.35. The molecule has 96 valence electrons. The van der Waals surface area contributed by atoms with E-state index in [1.807, 2.05) is 13.6 Å². The number of benzene rings is 1. The van der Waals surface area contributed by atoms with E-state index < -0.39 is 0 Å². The summed E-state index contributed by atoms with van der Waals surface area (Å²) in [6.45, 7) is 4.56. The summed E-state index contributed by atoms with van der Waals surface area (Å²) in [5, 5.41) is 0. The average Bonchev–Trinajstić information content (AvgIpc) is 2.78. The van der Waals surface area contributed by atoms with Crippen LogP contribution in [0.2, 0.25) is 13.6 Å². The highest BCUT2D eigenvalue weighted by molar-refractivity contribution is 7.09. The van der Waals surface area contributed by atoms with Crippen LogP contribution in [0.5, 0.6) is 5.75 Å². The van der Waals surface area contributed by atoms with Crippen molar-refractivity contribution in [2.45, 2.75) is 27.7 Å². The number of rotatable bonds is 4. The molecule has 0 fully saturated rings. The number of thiazole rings is 1. The lowest BCUT2D eigenvalue weighted by atomic mass is 9.49. The molecule has 1 aromatic carbocycles. The van der Waals surface area contributed by atoms with Crippen LogP contribution in [0.15, 0.2) is 29.9 Å². The Morgan fingerprint density at radius 3 is 2.72 bits per heavy atom. The van der Waals surface area contributed by atoms with Gasteiger partial charge in [-0.1, -0.05) is 27.1 Å². The minimum atomic E-state index is -0.207. The van der Waals surface area contributed by atoms with Gasteiger partial charge in [0.2, 0.25) is 0 Å². The smallest absolute Gasteiger partial charge is 0.173 e. The van der Waals surface area contributed by atoms with Gasteiger partial charge < -0.3 is 4.74 Å². The van der Waals surface area contributed by atoms with E-state index in [0.717, 1.165) is 10.3 Å². The fraction of sp³-hybridized carbons (Fsp3) is 0.308. The van der Waals surface area contributed by atoms with E-state index in [1.165, 1.54) is 17.4 Å². The summed E-state index contributed by atoms with van der Waals surface area (Å²) in [6.07, 6.45) is 1.75. The normalized spacial score (nSPS) is 9.72. The van der Waals surface area contributed by atoms with E-state index in [9.17, 15) is 4.39 Å². The Balaban J connectivity index is 0.00000162. The van der Waals surface area contributed by atoms with Crippen LogP contribution in [-0.2, 0) is 6.61 Å². The minimum absolute atomic E-state index is 0. The molecule has 0 aliphatic carbocycles. The molecule has 1 heterocycles. The second-order valence-corrected chi connectivity index (χ2v) is 5.07. The molecule has 0 radical (unpaired) electrons. The maximum Gasteiger partial charge on any atom is 0.173 e. The second-order valence-electron chi connectivity index (χ2n) is 4.09. The highest BCUT2D eigenvalue weighted by atomic mass is 32.1. The molecule has 0 atom stereocenters. The summed E-state index contributed by atoms with van der Waals surface area (Å²) < 4.78 is 19.2. The van der Waals surface area contributed by atoms with Gasteiger partial charge in [0.25, 0.3) is 0 Å². The molecule has 5 heteroatoms. The fourth-order valence-corrected chi connectivity index (χ4v) is 2.04. The fourth-order valence-electron chi connectivity index (χ4n) is 1.53.